The Morgan fingerprint density at radius 1 is 1.60 bits per heavy atom. The summed E-state index contributed by atoms with van der Waals surface area (Å²) in [5, 5.41) is 2.16. The third-order valence-corrected chi connectivity index (χ3v) is 0.416. The first kappa shape index (κ1) is 0.648. The molecule has 1 aliphatic rings. The van der Waals surface area contributed by atoms with Crippen LogP contribution in [0.15, 0.2) is 0 Å². The smallest absolute Gasteiger partial charge is 0.0428 e. The van der Waals surface area contributed by atoms with E-state index in [1.807, 2.05) is 0 Å². The van der Waals surface area contributed by atoms with E-state index in [2.05, 4.69) is 5.32 Å². The second-order valence-electron chi connectivity index (χ2n) is 0.780. The molecule has 0 spiro atoms. The number of hydrogen-bond acceptors (Lipinski definition) is 1. The zero-order valence-electron chi connectivity index (χ0n) is 8.71. The molecule has 0 radical (unpaired) electrons. The lowest BCUT2D eigenvalue weighted by molar-refractivity contribution is 0.857. The molecule has 1 heteroatoms. The standard InChI is InChI=1S/C4H9N/c1-2-4-5-3-1/h5H,1-4H2/i1D2,2D2,3D2. The Kier molecular flexibility index (Phi) is 0.183. The molecule has 0 atom stereocenters. The fraction of sp³-hybridized carbons (Fsp3) is 1.00. The van der Waals surface area contributed by atoms with E-state index in [-0.39, 0.29) is 6.54 Å². The van der Waals surface area contributed by atoms with Crippen molar-refractivity contribution in [1.29, 1.82) is 0 Å². The van der Waals surface area contributed by atoms with Gasteiger partial charge in [-0.1, -0.05) is 0 Å². The van der Waals surface area contributed by atoms with Crippen LogP contribution in [0.5, 0.6) is 0 Å². The molecule has 1 heterocycles. The van der Waals surface area contributed by atoms with Gasteiger partial charge in [0.25, 0.3) is 0 Å². The van der Waals surface area contributed by atoms with E-state index in [1.165, 1.54) is 0 Å². The fourth-order valence-corrected chi connectivity index (χ4v) is 0.221. The third-order valence-electron chi connectivity index (χ3n) is 0.416. The molecule has 0 aromatic carbocycles. The van der Waals surface area contributed by atoms with Crippen molar-refractivity contribution in [2.45, 2.75) is 12.7 Å². The molecule has 0 aliphatic carbocycles. The highest BCUT2D eigenvalue weighted by molar-refractivity contribution is 4.55. The predicted octanol–water partition coefficient (Wildman–Crippen LogP) is 0.370. The molecule has 1 aliphatic heterocycles. The van der Waals surface area contributed by atoms with Crippen molar-refractivity contribution in [1.82, 2.24) is 5.32 Å². The van der Waals surface area contributed by atoms with Crippen molar-refractivity contribution in [3.63, 3.8) is 0 Å². The van der Waals surface area contributed by atoms with Crippen LogP contribution in [0.4, 0.5) is 0 Å². The van der Waals surface area contributed by atoms with E-state index in [9.17, 15) is 0 Å². The molecule has 0 saturated carbocycles. The van der Waals surface area contributed by atoms with Crippen LogP contribution < -0.4 is 5.32 Å². The number of hydrogen-bond donors (Lipinski definition) is 1. The maximum absolute atomic E-state index is 7.15. The summed E-state index contributed by atoms with van der Waals surface area (Å²) in [6, 6.07) is 0. The van der Waals surface area contributed by atoms with E-state index >= 15 is 0 Å². The minimum absolute atomic E-state index is 0.285. The fourth-order valence-electron chi connectivity index (χ4n) is 0.221. The van der Waals surface area contributed by atoms with E-state index in [0.717, 1.165) is 0 Å². The van der Waals surface area contributed by atoms with E-state index in [4.69, 9.17) is 8.22 Å². The molecule has 30 valence electrons. The summed E-state index contributed by atoms with van der Waals surface area (Å²) < 4.78 is 42.7. The Balaban J connectivity index is 3.00. The van der Waals surface area contributed by atoms with Gasteiger partial charge in [0.1, 0.15) is 0 Å². The highest BCUT2D eigenvalue weighted by Crippen LogP contribution is 1.90. The quantitative estimate of drug-likeness (QED) is 0.440. The van der Waals surface area contributed by atoms with Gasteiger partial charge in [-0.15, -0.1) is 0 Å². The van der Waals surface area contributed by atoms with Crippen LogP contribution in [0.2, 0.25) is 0 Å². The molecule has 0 aromatic rings. The minimum Gasteiger partial charge on any atom is -0.317 e. The van der Waals surface area contributed by atoms with Gasteiger partial charge in [-0.05, 0) is 25.8 Å². The molecule has 5 heavy (non-hydrogen) atoms. The zero-order valence-corrected chi connectivity index (χ0v) is 2.71. The summed E-state index contributed by atoms with van der Waals surface area (Å²) in [4.78, 5) is 0. The average Bonchev–Trinajstić information content (AvgIpc) is 1.93. The van der Waals surface area contributed by atoms with Crippen LogP contribution in [-0.2, 0) is 0 Å². The Hall–Kier alpha value is -0.0400. The van der Waals surface area contributed by atoms with Crippen molar-refractivity contribution >= 4 is 0 Å². The maximum Gasteiger partial charge on any atom is 0.0428 e. The number of nitrogens with one attached hydrogen (secondary N) is 1. The Morgan fingerprint density at radius 2 is 2.60 bits per heavy atom. The van der Waals surface area contributed by atoms with E-state index in [0.29, 0.717) is 0 Å². The van der Waals surface area contributed by atoms with Crippen LogP contribution in [0.25, 0.3) is 0 Å². The maximum atomic E-state index is 7.15. The van der Waals surface area contributed by atoms with Crippen molar-refractivity contribution in [2.75, 3.05) is 13.0 Å². The van der Waals surface area contributed by atoms with Crippen LogP contribution in [-0.4, -0.2) is 13.0 Å². The summed E-state index contributed by atoms with van der Waals surface area (Å²) >= 11 is 0. The van der Waals surface area contributed by atoms with Crippen LogP contribution in [0.1, 0.15) is 21.0 Å². The minimum atomic E-state index is -2.46. The SMILES string of the molecule is [2H]C1([2H])CNC([2H])([2H])C1([2H])[2H]. The topological polar surface area (TPSA) is 12.0 Å². The first-order valence-electron chi connectivity index (χ1n) is 4.46. The van der Waals surface area contributed by atoms with Gasteiger partial charge in [-0.3, -0.25) is 0 Å². The van der Waals surface area contributed by atoms with Crippen LogP contribution in [0.3, 0.4) is 0 Å². The van der Waals surface area contributed by atoms with E-state index < -0.39 is 19.2 Å². The molecular weight excluding hydrogens is 62.1 g/mol. The summed E-state index contributed by atoms with van der Waals surface area (Å²) in [5.74, 6) is 0. The highest BCUT2D eigenvalue weighted by Gasteiger charge is 1.93. The molecule has 1 rings (SSSR count). The Labute approximate surface area is 40.8 Å². The van der Waals surface area contributed by atoms with Crippen LogP contribution in [0, 0.1) is 0 Å². The molecule has 0 unspecified atom stereocenters. The first-order chi connectivity index (χ1) is 4.71. The Bertz CT molecular complexity index is 157. The van der Waals surface area contributed by atoms with Gasteiger partial charge >= 0.3 is 0 Å². The number of rotatable bonds is 0. The van der Waals surface area contributed by atoms with Crippen molar-refractivity contribution in [3.05, 3.63) is 0 Å². The van der Waals surface area contributed by atoms with Gasteiger partial charge in [0.05, 0.1) is 0 Å². The van der Waals surface area contributed by atoms with E-state index in [1.54, 1.807) is 0 Å². The summed E-state index contributed by atoms with van der Waals surface area (Å²) in [5.41, 5.74) is 0. The van der Waals surface area contributed by atoms with Gasteiger partial charge < -0.3 is 5.32 Å². The normalized spacial score (nSPS) is 72.0. The van der Waals surface area contributed by atoms with Crippen molar-refractivity contribution in [2.24, 2.45) is 0 Å². The summed E-state index contributed by atoms with van der Waals surface area (Å²) in [6.07, 6.45) is -4.59. The monoisotopic (exact) mass is 77.1 g/mol. The predicted molar refractivity (Wildman–Crippen MR) is 22.1 cm³/mol. The van der Waals surface area contributed by atoms with Crippen molar-refractivity contribution < 1.29 is 8.22 Å². The second kappa shape index (κ2) is 1.41. The molecule has 0 aromatic heterocycles. The third kappa shape index (κ3) is 0.618. The first-order valence-corrected chi connectivity index (χ1v) is 1.46. The molecular formula is C4H9N. The van der Waals surface area contributed by atoms with Gasteiger partial charge in [-0.2, -0.15) is 0 Å². The highest BCUT2D eigenvalue weighted by atomic mass is 14.9. The average molecular weight is 77.2 g/mol. The summed E-state index contributed by atoms with van der Waals surface area (Å²) in [7, 11) is 0. The second-order valence-corrected chi connectivity index (χ2v) is 0.780. The zero-order chi connectivity index (χ0) is 8.91. The van der Waals surface area contributed by atoms with Gasteiger partial charge in [0.15, 0.2) is 0 Å². The molecule has 1 fully saturated rings. The lowest BCUT2D eigenvalue weighted by Gasteiger charge is -1.76. The Morgan fingerprint density at radius 3 is 2.80 bits per heavy atom. The molecule has 1 saturated heterocycles. The van der Waals surface area contributed by atoms with Gasteiger partial charge in [0, 0.05) is 8.22 Å². The van der Waals surface area contributed by atoms with Gasteiger partial charge in [-0.25, -0.2) is 0 Å². The largest absolute Gasteiger partial charge is 0.317 e. The molecule has 1 nitrogen and oxygen atoms in total. The summed E-state index contributed by atoms with van der Waals surface area (Å²) in [6.45, 7) is -2.55. The van der Waals surface area contributed by atoms with Crippen molar-refractivity contribution in [3.8, 4) is 0 Å². The molecule has 0 amide bonds. The molecule has 0 bridgehead atoms. The lowest BCUT2D eigenvalue weighted by Crippen LogP contribution is -2.03. The van der Waals surface area contributed by atoms with Crippen LogP contribution >= 0.6 is 0 Å². The van der Waals surface area contributed by atoms with Gasteiger partial charge in [0.2, 0.25) is 0 Å². The lowest BCUT2D eigenvalue weighted by atomic mass is 10.4. The molecule has 1 N–H and O–H groups in total.